The topological polar surface area (TPSA) is 92.4 Å². The molecule has 0 aliphatic rings. The van der Waals surface area contributed by atoms with Gasteiger partial charge in [0.25, 0.3) is 0 Å². The Morgan fingerprint density at radius 3 is 2.52 bits per heavy atom. The van der Waals surface area contributed by atoms with Gasteiger partial charge in [-0.1, -0.05) is 13.8 Å². The van der Waals surface area contributed by atoms with Crippen molar-refractivity contribution in [1.82, 2.24) is 0 Å². The first-order chi connectivity index (χ1) is 9.71. The first kappa shape index (κ1) is 17.5. The maximum absolute atomic E-state index is 11.1. The van der Waals surface area contributed by atoms with Crippen molar-refractivity contribution < 1.29 is 14.7 Å². The Kier molecular flexibility index (Phi) is 6.20. The van der Waals surface area contributed by atoms with Gasteiger partial charge in [0, 0.05) is 28.7 Å². The van der Waals surface area contributed by atoms with Gasteiger partial charge in [-0.15, -0.1) is 0 Å². The molecule has 6 heteroatoms. The Labute approximate surface area is 133 Å². The number of carbonyl (C=O) groups is 2. The zero-order valence-electron chi connectivity index (χ0n) is 12.3. The molecule has 5 nitrogen and oxygen atoms in total. The summed E-state index contributed by atoms with van der Waals surface area (Å²) in [5.41, 5.74) is 6.52. The lowest BCUT2D eigenvalue weighted by Gasteiger charge is -2.24. The van der Waals surface area contributed by atoms with Crippen molar-refractivity contribution in [3.05, 3.63) is 28.2 Å². The van der Waals surface area contributed by atoms with Crippen molar-refractivity contribution in [2.24, 2.45) is 11.1 Å². The van der Waals surface area contributed by atoms with E-state index in [1.807, 2.05) is 0 Å². The third kappa shape index (κ3) is 6.16. The Bertz CT molecular complexity index is 530. The zero-order valence-corrected chi connectivity index (χ0v) is 13.9. The van der Waals surface area contributed by atoms with E-state index in [2.05, 4.69) is 35.1 Å². The van der Waals surface area contributed by atoms with Crippen molar-refractivity contribution in [3.8, 4) is 0 Å². The summed E-state index contributed by atoms with van der Waals surface area (Å²) in [5.74, 6) is -1.22. The van der Waals surface area contributed by atoms with Crippen LogP contribution in [0.25, 0.3) is 0 Å². The molecule has 0 radical (unpaired) electrons. The molecule has 0 spiro atoms. The Morgan fingerprint density at radius 2 is 2.00 bits per heavy atom. The molecule has 1 aromatic carbocycles. The minimum Gasteiger partial charge on any atom is -0.481 e. The van der Waals surface area contributed by atoms with Crippen LogP contribution in [-0.2, 0) is 4.79 Å². The predicted octanol–water partition coefficient (Wildman–Crippen LogP) is 3.24. The Balaban J connectivity index is 2.52. The number of benzene rings is 1. The molecule has 0 heterocycles. The second-order valence-corrected chi connectivity index (χ2v) is 6.65. The van der Waals surface area contributed by atoms with E-state index < -0.39 is 11.9 Å². The molecular weight excluding hydrogens is 336 g/mol. The first-order valence-corrected chi connectivity index (χ1v) is 7.55. The predicted molar refractivity (Wildman–Crippen MR) is 86.4 cm³/mol. The highest BCUT2D eigenvalue weighted by Gasteiger charge is 2.18. The van der Waals surface area contributed by atoms with Gasteiger partial charge in [-0.25, -0.2) is 0 Å². The van der Waals surface area contributed by atoms with Crippen LogP contribution in [0.1, 0.15) is 43.5 Å². The van der Waals surface area contributed by atoms with E-state index in [0.717, 1.165) is 23.1 Å². The molecule has 1 amide bonds. The van der Waals surface area contributed by atoms with Gasteiger partial charge in [-0.2, -0.15) is 0 Å². The summed E-state index contributed by atoms with van der Waals surface area (Å²) in [4.78, 5) is 21.7. The summed E-state index contributed by atoms with van der Waals surface area (Å²) in [6.07, 6.45) is 1.68. The van der Waals surface area contributed by atoms with E-state index in [0.29, 0.717) is 12.0 Å². The summed E-state index contributed by atoms with van der Waals surface area (Å²) in [7, 11) is 0. The molecular formula is C15H21BrN2O3. The fourth-order valence-corrected chi connectivity index (χ4v) is 2.44. The fourth-order valence-electron chi connectivity index (χ4n) is 1.92. The van der Waals surface area contributed by atoms with Crippen LogP contribution in [-0.4, -0.2) is 23.5 Å². The highest BCUT2D eigenvalue weighted by atomic mass is 79.9. The van der Waals surface area contributed by atoms with Gasteiger partial charge < -0.3 is 16.2 Å². The fraction of sp³-hybridized carbons (Fsp3) is 0.467. The number of rotatable bonds is 8. The summed E-state index contributed by atoms with van der Waals surface area (Å²) in [6.45, 7) is 4.84. The van der Waals surface area contributed by atoms with E-state index in [9.17, 15) is 9.59 Å². The number of anilines is 1. The molecule has 116 valence electrons. The summed E-state index contributed by atoms with van der Waals surface area (Å²) in [5, 5.41) is 12.0. The standard InChI is InChI=1S/C15H21BrN2O3/c1-15(2,6-5-13(19)20)7-8-18-12-4-3-10(14(17)21)9-11(12)16/h3-4,9,18H,5-8H2,1-2H3,(H2,17,21)(H,19,20). The van der Waals surface area contributed by atoms with Gasteiger partial charge in [-0.3, -0.25) is 9.59 Å². The summed E-state index contributed by atoms with van der Waals surface area (Å²) in [6, 6.07) is 5.15. The Hall–Kier alpha value is -1.56. The Morgan fingerprint density at radius 1 is 1.33 bits per heavy atom. The summed E-state index contributed by atoms with van der Waals surface area (Å²) >= 11 is 3.40. The number of primary amides is 1. The molecule has 0 atom stereocenters. The van der Waals surface area contributed by atoms with Crippen LogP contribution in [0, 0.1) is 5.41 Å². The number of amides is 1. The van der Waals surface area contributed by atoms with Crippen molar-refractivity contribution in [2.45, 2.75) is 33.1 Å². The van der Waals surface area contributed by atoms with Crippen molar-refractivity contribution in [2.75, 3.05) is 11.9 Å². The number of nitrogens with two attached hydrogens (primary N) is 1. The molecule has 0 unspecified atom stereocenters. The molecule has 0 fully saturated rings. The normalized spacial score (nSPS) is 11.2. The SMILES string of the molecule is CC(C)(CCNc1ccc(C(N)=O)cc1Br)CCC(=O)O. The van der Waals surface area contributed by atoms with Gasteiger partial charge >= 0.3 is 5.97 Å². The number of carboxylic acid groups (broad SMARTS) is 1. The lowest BCUT2D eigenvalue weighted by Crippen LogP contribution is -2.18. The number of hydrogen-bond donors (Lipinski definition) is 3. The van der Waals surface area contributed by atoms with E-state index in [1.165, 1.54) is 0 Å². The zero-order chi connectivity index (χ0) is 16.0. The van der Waals surface area contributed by atoms with Crippen molar-refractivity contribution >= 4 is 33.5 Å². The number of hydrogen-bond acceptors (Lipinski definition) is 3. The van der Waals surface area contributed by atoms with Gasteiger partial charge in [-0.05, 0) is 52.4 Å². The van der Waals surface area contributed by atoms with Gasteiger partial charge in [0.1, 0.15) is 0 Å². The maximum Gasteiger partial charge on any atom is 0.303 e. The van der Waals surface area contributed by atoms with E-state index >= 15 is 0 Å². The van der Waals surface area contributed by atoms with E-state index in [4.69, 9.17) is 10.8 Å². The number of carbonyl (C=O) groups excluding carboxylic acids is 1. The molecule has 21 heavy (non-hydrogen) atoms. The average Bonchev–Trinajstić information content (AvgIpc) is 2.38. The maximum atomic E-state index is 11.1. The van der Waals surface area contributed by atoms with Crippen LogP contribution in [0.15, 0.2) is 22.7 Å². The van der Waals surface area contributed by atoms with Gasteiger partial charge in [0.2, 0.25) is 5.91 Å². The molecule has 1 aromatic rings. The number of carboxylic acids is 1. The van der Waals surface area contributed by atoms with Crippen LogP contribution in [0.5, 0.6) is 0 Å². The average molecular weight is 357 g/mol. The number of halogens is 1. The quantitative estimate of drug-likeness (QED) is 0.666. The highest BCUT2D eigenvalue weighted by Crippen LogP contribution is 2.28. The van der Waals surface area contributed by atoms with Crippen LogP contribution < -0.4 is 11.1 Å². The molecule has 0 saturated carbocycles. The van der Waals surface area contributed by atoms with E-state index in [-0.39, 0.29) is 11.8 Å². The minimum atomic E-state index is -0.763. The lowest BCUT2D eigenvalue weighted by molar-refractivity contribution is -0.137. The van der Waals surface area contributed by atoms with Crippen LogP contribution in [0.3, 0.4) is 0 Å². The molecule has 0 saturated heterocycles. The minimum absolute atomic E-state index is 0.0367. The van der Waals surface area contributed by atoms with E-state index in [1.54, 1.807) is 18.2 Å². The molecule has 0 aliphatic carbocycles. The third-order valence-corrected chi connectivity index (χ3v) is 4.04. The van der Waals surface area contributed by atoms with Crippen molar-refractivity contribution in [1.29, 1.82) is 0 Å². The lowest BCUT2D eigenvalue weighted by atomic mass is 9.84. The largest absolute Gasteiger partial charge is 0.481 e. The van der Waals surface area contributed by atoms with Crippen molar-refractivity contribution in [3.63, 3.8) is 0 Å². The monoisotopic (exact) mass is 356 g/mol. The van der Waals surface area contributed by atoms with Crippen LogP contribution in [0.4, 0.5) is 5.69 Å². The molecule has 0 aliphatic heterocycles. The van der Waals surface area contributed by atoms with Gasteiger partial charge in [0.05, 0.1) is 0 Å². The van der Waals surface area contributed by atoms with Crippen LogP contribution >= 0.6 is 15.9 Å². The molecule has 1 rings (SSSR count). The second-order valence-electron chi connectivity index (χ2n) is 5.79. The van der Waals surface area contributed by atoms with Gasteiger partial charge in [0.15, 0.2) is 0 Å². The van der Waals surface area contributed by atoms with Crippen LogP contribution in [0.2, 0.25) is 0 Å². The smallest absolute Gasteiger partial charge is 0.303 e. The third-order valence-electron chi connectivity index (χ3n) is 3.39. The summed E-state index contributed by atoms with van der Waals surface area (Å²) < 4.78 is 0.780. The highest BCUT2D eigenvalue weighted by molar-refractivity contribution is 9.10. The second kappa shape index (κ2) is 7.45. The molecule has 0 aromatic heterocycles. The first-order valence-electron chi connectivity index (χ1n) is 6.76. The molecule has 4 N–H and O–H groups in total. The molecule has 0 bridgehead atoms. The number of nitrogens with one attached hydrogen (secondary N) is 1. The number of aliphatic carboxylic acids is 1.